The summed E-state index contributed by atoms with van der Waals surface area (Å²) in [6, 6.07) is 8.60. The van der Waals surface area contributed by atoms with Gasteiger partial charge < -0.3 is 15.0 Å². The second-order valence-corrected chi connectivity index (χ2v) is 6.71. The molecule has 0 saturated heterocycles. The number of benzene rings is 1. The average molecular weight is 274 g/mol. The third-order valence-electron chi connectivity index (χ3n) is 3.50. The third kappa shape index (κ3) is 3.62. The Kier molecular flexibility index (Phi) is 4.51. The third-order valence-corrected chi connectivity index (χ3v) is 3.50. The second kappa shape index (κ2) is 5.98. The van der Waals surface area contributed by atoms with Crippen LogP contribution in [0.3, 0.4) is 0 Å². The van der Waals surface area contributed by atoms with E-state index in [0.717, 1.165) is 13.1 Å². The number of rotatable bonds is 5. The molecule has 110 valence electrons. The van der Waals surface area contributed by atoms with Crippen LogP contribution in [-0.2, 0) is 13.1 Å². The molecule has 0 spiro atoms. The lowest BCUT2D eigenvalue weighted by molar-refractivity contribution is 0.224. The number of nitrogens with one attached hydrogen (secondary N) is 1. The van der Waals surface area contributed by atoms with Crippen molar-refractivity contribution in [3.63, 3.8) is 0 Å². The van der Waals surface area contributed by atoms with E-state index >= 15 is 0 Å². The Hall–Kier alpha value is -1.32. The maximum atomic E-state index is 9.26. The minimum atomic E-state index is 0.109. The lowest BCUT2D eigenvalue weighted by Gasteiger charge is -2.21. The number of aromatic nitrogens is 1. The summed E-state index contributed by atoms with van der Waals surface area (Å²) in [6.45, 7) is 10.6. The summed E-state index contributed by atoms with van der Waals surface area (Å²) in [5.41, 5.74) is 2.70. The second-order valence-electron chi connectivity index (χ2n) is 6.71. The van der Waals surface area contributed by atoms with Crippen molar-refractivity contribution in [2.45, 2.75) is 46.3 Å². The van der Waals surface area contributed by atoms with Crippen LogP contribution in [0.15, 0.2) is 30.5 Å². The predicted molar refractivity (Wildman–Crippen MR) is 84.8 cm³/mol. The zero-order valence-electron chi connectivity index (χ0n) is 13.0. The average Bonchev–Trinajstić information content (AvgIpc) is 2.79. The number of fused-ring (bicyclic) bond motifs is 1. The molecule has 1 unspecified atom stereocenters. The Morgan fingerprint density at radius 3 is 2.65 bits per heavy atom. The van der Waals surface area contributed by atoms with E-state index < -0.39 is 0 Å². The number of aliphatic hydroxyl groups is 1. The molecular formula is C17H26N2O. The highest BCUT2D eigenvalue weighted by molar-refractivity contribution is 5.83. The van der Waals surface area contributed by atoms with Crippen molar-refractivity contribution in [3.8, 4) is 0 Å². The molecule has 0 fully saturated rings. The van der Waals surface area contributed by atoms with Gasteiger partial charge >= 0.3 is 0 Å². The van der Waals surface area contributed by atoms with E-state index in [0.29, 0.717) is 0 Å². The lowest BCUT2D eigenvalue weighted by Crippen LogP contribution is -2.35. The molecule has 0 amide bonds. The van der Waals surface area contributed by atoms with Gasteiger partial charge in [0.05, 0.1) is 5.52 Å². The minimum Gasteiger partial charge on any atom is -0.396 e. The molecule has 0 aliphatic heterocycles. The maximum absolute atomic E-state index is 9.26. The predicted octanol–water partition coefficient (Wildman–Crippen LogP) is 3.16. The molecule has 1 heterocycles. The molecule has 0 aliphatic rings. The summed E-state index contributed by atoms with van der Waals surface area (Å²) < 4.78 is 2.26. The zero-order valence-corrected chi connectivity index (χ0v) is 13.0. The molecule has 1 atom stereocenters. The van der Waals surface area contributed by atoms with Gasteiger partial charge in [-0.15, -0.1) is 0 Å². The number of para-hydroxylation sites is 1. The first-order valence-electron chi connectivity index (χ1n) is 7.33. The molecule has 1 aromatic carbocycles. The van der Waals surface area contributed by atoms with Gasteiger partial charge in [0.15, 0.2) is 0 Å². The van der Waals surface area contributed by atoms with Crippen LogP contribution in [-0.4, -0.2) is 21.8 Å². The smallest absolute Gasteiger partial charge is 0.0525 e. The highest BCUT2D eigenvalue weighted by Crippen LogP contribution is 2.22. The normalized spacial score (nSPS) is 13.8. The summed E-state index contributed by atoms with van der Waals surface area (Å²) >= 11 is 0. The first kappa shape index (κ1) is 15.1. The Balaban J connectivity index is 2.31. The summed E-state index contributed by atoms with van der Waals surface area (Å²) in [6.07, 6.45) is 2.12. The lowest BCUT2D eigenvalue weighted by atomic mass is 10.1. The molecule has 0 aliphatic carbocycles. The Morgan fingerprint density at radius 1 is 1.25 bits per heavy atom. The van der Waals surface area contributed by atoms with Crippen LogP contribution in [0.4, 0.5) is 0 Å². The fourth-order valence-corrected chi connectivity index (χ4v) is 2.39. The van der Waals surface area contributed by atoms with Crippen LogP contribution >= 0.6 is 0 Å². The molecule has 1 aromatic heterocycles. The van der Waals surface area contributed by atoms with Crippen LogP contribution in [0.5, 0.6) is 0 Å². The molecule has 0 radical (unpaired) electrons. The van der Waals surface area contributed by atoms with E-state index in [9.17, 15) is 5.11 Å². The SMILES string of the molecule is CC(CO)Cn1ccc2cccc(CNC(C)(C)C)c21. The van der Waals surface area contributed by atoms with Gasteiger partial charge in [0.1, 0.15) is 0 Å². The van der Waals surface area contributed by atoms with E-state index in [1.165, 1.54) is 16.5 Å². The van der Waals surface area contributed by atoms with Crippen LogP contribution in [0.1, 0.15) is 33.3 Å². The highest BCUT2D eigenvalue weighted by atomic mass is 16.3. The van der Waals surface area contributed by atoms with E-state index in [1.807, 2.05) is 0 Å². The Labute approximate surface area is 121 Å². The summed E-state index contributed by atoms with van der Waals surface area (Å²) in [7, 11) is 0. The molecule has 2 rings (SSSR count). The monoisotopic (exact) mass is 274 g/mol. The van der Waals surface area contributed by atoms with Crippen molar-refractivity contribution in [1.82, 2.24) is 9.88 Å². The number of nitrogens with zero attached hydrogens (tertiary/aromatic N) is 1. The standard InChI is InChI=1S/C17H26N2O/c1-13(12-20)11-19-9-8-14-6-5-7-15(16(14)19)10-18-17(2,3)4/h5-9,13,18,20H,10-12H2,1-4H3. The van der Waals surface area contributed by atoms with Gasteiger partial charge in [-0.3, -0.25) is 0 Å². The van der Waals surface area contributed by atoms with Crippen LogP contribution in [0, 0.1) is 5.92 Å². The summed E-state index contributed by atoms with van der Waals surface area (Å²) in [5, 5.41) is 14.1. The zero-order chi connectivity index (χ0) is 14.8. The molecule has 0 saturated carbocycles. The quantitative estimate of drug-likeness (QED) is 0.879. The first-order chi connectivity index (χ1) is 9.40. The van der Waals surface area contributed by atoms with Crippen molar-refractivity contribution in [2.75, 3.05) is 6.61 Å². The number of hydrogen-bond donors (Lipinski definition) is 2. The fourth-order valence-electron chi connectivity index (χ4n) is 2.39. The van der Waals surface area contributed by atoms with Crippen LogP contribution in [0.2, 0.25) is 0 Å². The molecule has 2 aromatic rings. The van der Waals surface area contributed by atoms with E-state index in [4.69, 9.17) is 0 Å². The van der Waals surface area contributed by atoms with Crippen molar-refractivity contribution >= 4 is 10.9 Å². The van der Waals surface area contributed by atoms with Gasteiger partial charge in [-0.1, -0.05) is 25.1 Å². The molecular weight excluding hydrogens is 248 g/mol. The number of hydrogen-bond acceptors (Lipinski definition) is 2. The van der Waals surface area contributed by atoms with Crippen molar-refractivity contribution < 1.29 is 5.11 Å². The van der Waals surface area contributed by atoms with Crippen molar-refractivity contribution in [1.29, 1.82) is 0 Å². The maximum Gasteiger partial charge on any atom is 0.0525 e. The molecule has 0 bridgehead atoms. The Bertz CT molecular complexity index is 566. The molecule has 2 N–H and O–H groups in total. The van der Waals surface area contributed by atoms with Crippen molar-refractivity contribution in [2.24, 2.45) is 5.92 Å². The van der Waals surface area contributed by atoms with E-state index in [-0.39, 0.29) is 18.1 Å². The highest BCUT2D eigenvalue weighted by Gasteiger charge is 2.12. The van der Waals surface area contributed by atoms with Crippen LogP contribution < -0.4 is 5.32 Å². The molecule has 3 nitrogen and oxygen atoms in total. The summed E-state index contributed by atoms with van der Waals surface area (Å²) in [5.74, 6) is 0.272. The van der Waals surface area contributed by atoms with Gasteiger partial charge in [0.25, 0.3) is 0 Å². The van der Waals surface area contributed by atoms with Gasteiger partial charge in [-0.25, -0.2) is 0 Å². The van der Waals surface area contributed by atoms with Crippen molar-refractivity contribution in [3.05, 3.63) is 36.0 Å². The summed E-state index contributed by atoms with van der Waals surface area (Å²) in [4.78, 5) is 0. The van der Waals surface area contributed by atoms with Gasteiger partial charge in [-0.2, -0.15) is 0 Å². The van der Waals surface area contributed by atoms with Gasteiger partial charge in [-0.05, 0) is 43.7 Å². The molecule has 20 heavy (non-hydrogen) atoms. The first-order valence-corrected chi connectivity index (χ1v) is 7.33. The van der Waals surface area contributed by atoms with E-state index in [2.05, 4.69) is 68.0 Å². The van der Waals surface area contributed by atoms with E-state index in [1.54, 1.807) is 0 Å². The van der Waals surface area contributed by atoms with Crippen LogP contribution in [0.25, 0.3) is 10.9 Å². The topological polar surface area (TPSA) is 37.2 Å². The Morgan fingerprint density at radius 2 is 2.00 bits per heavy atom. The largest absolute Gasteiger partial charge is 0.396 e. The number of aliphatic hydroxyl groups excluding tert-OH is 1. The fraction of sp³-hybridized carbons (Fsp3) is 0.529. The molecule has 3 heteroatoms. The van der Waals surface area contributed by atoms with Gasteiger partial charge in [0.2, 0.25) is 0 Å². The van der Waals surface area contributed by atoms with Gasteiger partial charge in [0, 0.05) is 31.4 Å². The minimum absolute atomic E-state index is 0.109.